The van der Waals surface area contributed by atoms with Gasteiger partial charge in [0, 0.05) is 28.7 Å². The van der Waals surface area contributed by atoms with E-state index in [1.807, 2.05) is 0 Å². The van der Waals surface area contributed by atoms with Crippen molar-refractivity contribution in [2.75, 3.05) is 6.54 Å². The van der Waals surface area contributed by atoms with Gasteiger partial charge in [0.25, 0.3) is 0 Å². The lowest BCUT2D eigenvalue weighted by atomic mass is 10.1. The van der Waals surface area contributed by atoms with Crippen LogP contribution in [0.25, 0.3) is 10.9 Å². The summed E-state index contributed by atoms with van der Waals surface area (Å²) in [6.07, 6.45) is 2.15. The number of nitrogens with one attached hydrogen (secondary N) is 2. The molecule has 2 aromatic carbocycles. The molecule has 0 bridgehead atoms. The molecule has 2 N–H and O–H groups in total. The van der Waals surface area contributed by atoms with Crippen LogP contribution in [0.15, 0.2) is 47.5 Å². The molecule has 0 amide bonds. The molecule has 0 fully saturated rings. The number of hydrogen-bond donors (Lipinski definition) is 2. The Morgan fingerprint density at radius 3 is 2.67 bits per heavy atom. The molecule has 0 saturated heterocycles. The van der Waals surface area contributed by atoms with Crippen LogP contribution in [-0.2, 0) is 16.4 Å². The number of benzene rings is 2. The first-order chi connectivity index (χ1) is 11.4. The molecule has 1 heterocycles. The Bertz CT molecular complexity index is 1000. The van der Waals surface area contributed by atoms with Crippen LogP contribution in [0.3, 0.4) is 0 Å². The van der Waals surface area contributed by atoms with Gasteiger partial charge >= 0.3 is 0 Å². The summed E-state index contributed by atoms with van der Waals surface area (Å²) in [7, 11) is -3.75. The van der Waals surface area contributed by atoms with Crippen LogP contribution in [-0.4, -0.2) is 19.9 Å². The summed E-state index contributed by atoms with van der Waals surface area (Å²) in [5, 5.41) is 1.16. The monoisotopic (exact) mass is 386 g/mol. The van der Waals surface area contributed by atoms with Crippen molar-refractivity contribution in [3.8, 4) is 0 Å². The molecule has 24 heavy (non-hydrogen) atoms. The lowest BCUT2D eigenvalue weighted by Crippen LogP contribution is -2.26. The van der Waals surface area contributed by atoms with E-state index in [-0.39, 0.29) is 22.3 Å². The van der Waals surface area contributed by atoms with Gasteiger partial charge in [-0.2, -0.15) is 0 Å². The van der Waals surface area contributed by atoms with Gasteiger partial charge < -0.3 is 4.98 Å². The molecule has 0 aliphatic rings. The molecular weight excluding hydrogens is 374 g/mol. The molecule has 8 heteroatoms. The fraction of sp³-hybridized carbons (Fsp3) is 0.125. The lowest BCUT2D eigenvalue weighted by molar-refractivity contribution is 0.581. The first-order valence-electron chi connectivity index (χ1n) is 7.07. The summed E-state index contributed by atoms with van der Waals surface area (Å²) >= 11 is 11.7. The van der Waals surface area contributed by atoms with Gasteiger partial charge in [-0.05, 0) is 48.4 Å². The van der Waals surface area contributed by atoms with Crippen LogP contribution in [0.5, 0.6) is 0 Å². The Morgan fingerprint density at radius 2 is 1.92 bits per heavy atom. The second-order valence-electron chi connectivity index (χ2n) is 5.23. The van der Waals surface area contributed by atoms with Crippen molar-refractivity contribution in [3.05, 3.63) is 64.0 Å². The number of H-pyrrole nitrogens is 1. The smallest absolute Gasteiger partial charge is 0.242 e. The molecule has 126 valence electrons. The van der Waals surface area contributed by atoms with Crippen LogP contribution >= 0.6 is 23.2 Å². The number of halogens is 3. The van der Waals surface area contributed by atoms with Crippen molar-refractivity contribution in [2.24, 2.45) is 0 Å². The second kappa shape index (κ2) is 6.72. The Hall–Kier alpha value is -1.60. The van der Waals surface area contributed by atoms with Crippen molar-refractivity contribution >= 4 is 44.1 Å². The van der Waals surface area contributed by atoms with E-state index in [4.69, 9.17) is 23.2 Å². The number of aromatic nitrogens is 1. The molecule has 0 atom stereocenters. The predicted molar refractivity (Wildman–Crippen MR) is 93.6 cm³/mol. The number of fused-ring (bicyclic) bond motifs is 1. The zero-order chi connectivity index (χ0) is 17.3. The molecule has 0 radical (unpaired) electrons. The minimum absolute atomic E-state index is 0.0291. The third kappa shape index (κ3) is 3.57. The first-order valence-corrected chi connectivity index (χ1v) is 9.31. The van der Waals surface area contributed by atoms with Crippen molar-refractivity contribution in [1.29, 1.82) is 0 Å². The van der Waals surface area contributed by atoms with Crippen LogP contribution < -0.4 is 4.72 Å². The quantitative estimate of drug-likeness (QED) is 0.692. The van der Waals surface area contributed by atoms with E-state index in [1.54, 1.807) is 12.3 Å². The Morgan fingerprint density at radius 1 is 1.12 bits per heavy atom. The van der Waals surface area contributed by atoms with Crippen molar-refractivity contribution in [2.45, 2.75) is 11.3 Å². The molecule has 3 aromatic rings. The number of hydrogen-bond acceptors (Lipinski definition) is 2. The topological polar surface area (TPSA) is 62.0 Å². The van der Waals surface area contributed by atoms with Crippen molar-refractivity contribution in [3.63, 3.8) is 0 Å². The Labute approximate surface area is 148 Å². The van der Waals surface area contributed by atoms with Crippen LogP contribution in [0.2, 0.25) is 10.0 Å². The molecule has 0 aliphatic heterocycles. The number of sulfonamides is 1. The molecule has 4 nitrogen and oxygen atoms in total. The van der Waals surface area contributed by atoms with E-state index in [1.165, 1.54) is 30.3 Å². The van der Waals surface area contributed by atoms with Gasteiger partial charge in [-0.3, -0.25) is 0 Å². The SMILES string of the molecule is O=S(=O)(NCCc1c[nH]c2ccc(F)cc12)c1ccc(Cl)cc1Cl. The van der Waals surface area contributed by atoms with E-state index < -0.39 is 10.0 Å². The molecular formula is C16H13Cl2FN2O2S. The molecule has 0 saturated carbocycles. The van der Waals surface area contributed by atoms with Gasteiger partial charge in [0.05, 0.1) is 5.02 Å². The Balaban J connectivity index is 1.74. The van der Waals surface area contributed by atoms with Gasteiger partial charge in [0.1, 0.15) is 10.7 Å². The fourth-order valence-electron chi connectivity index (χ4n) is 2.45. The largest absolute Gasteiger partial charge is 0.361 e. The average molecular weight is 387 g/mol. The zero-order valence-electron chi connectivity index (χ0n) is 12.3. The molecule has 0 unspecified atom stereocenters. The summed E-state index contributed by atoms with van der Waals surface area (Å²) in [4.78, 5) is 3.00. The summed E-state index contributed by atoms with van der Waals surface area (Å²) < 4.78 is 40.5. The Kier molecular flexibility index (Phi) is 4.83. The normalized spacial score (nSPS) is 12.0. The van der Waals surface area contributed by atoms with E-state index in [2.05, 4.69) is 9.71 Å². The summed E-state index contributed by atoms with van der Waals surface area (Å²) in [5.74, 6) is -0.336. The second-order valence-corrected chi connectivity index (χ2v) is 7.81. The van der Waals surface area contributed by atoms with E-state index in [0.717, 1.165) is 16.5 Å². The number of aromatic amines is 1. The average Bonchev–Trinajstić information content (AvgIpc) is 2.89. The maximum Gasteiger partial charge on any atom is 0.242 e. The van der Waals surface area contributed by atoms with Gasteiger partial charge in [0.15, 0.2) is 0 Å². The van der Waals surface area contributed by atoms with Crippen LogP contribution in [0.1, 0.15) is 5.56 Å². The number of rotatable bonds is 5. The van der Waals surface area contributed by atoms with Crippen LogP contribution in [0.4, 0.5) is 4.39 Å². The maximum absolute atomic E-state index is 13.4. The van der Waals surface area contributed by atoms with Crippen LogP contribution in [0, 0.1) is 5.82 Å². The lowest BCUT2D eigenvalue weighted by Gasteiger charge is -2.08. The zero-order valence-corrected chi connectivity index (χ0v) is 14.6. The van der Waals surface area contributed by atoms with Gasteiger partial charge in [-0.25, -0.2) is 17.5 Å². The summed E-state index contributed by atoms with van der Waals surface area (Å²) in [6, 6.07) is 8.63. The predicted octanol–water partition coefficient (Wildman–Crippen LogP) is 4.13. The van der Waals surface area contributed by atoms with Gasteiger partial charge in [0.2, 0.25) is 10.0 Å². The third-order valence-electron chi connectivity index (χ3n) is 3.60. The minimum atomic E-state index is -3.75. The van der Waals surface area contributed by atoms with Gasteiger partial charge in [-0.1, -0.05) is 23.2 Å². The first kappa shape index (κ1) is 17.2. The molecule has 0 aliphatic carbocycles. The van der Waals surface area contributed by atoms with Crippen molar-refractivity contribution in [1.82, 2.24) is 9.71 Å². The minimum Gasteiger partial charge on any atom is -0.361 e. The standard InChI is InChI=1S/C16H13Cl2FN2O2S/c17-11-1-4-16(14(18)7-11)24(22,23)21-6-5-10-9-20-15-3-2-12(19)8-13(10)15/h1-4,7-9,20-21H,5-6H2. The third-order valence-corrected chi connectivity index (χ3v) is 5.78. The molecule has 0 spiro atoms. The fourth-order valence-corrected chi connectivity index (χ4v) is 4.25. The highest BCUT2D eigenvalue weighted by Crippen LogP contribution is 2.25. The highest BCUT2D eigenvalue weighted by atomic mass is 35.5. The van der Waals surface area contributed by atoms with E-state index >= 15 is 0 Å². The van der Waals surface area contributed by atoms with E-state index in [9.17, 15) is 12.8 Å². The van der Waals surface area contributed by atoms with Crippen molar-refractivity contribution < 1.29 is 12.8 Å². The summed E-state index contributed by atoms with van der Waals surface area (Å²) in [5.41, 5.74) is 1.63. The summed E-state index contributed by atoms with van der Waals surface area (Å²) in [6.45, 7) is 0.157. The molecule has 3 rings (SSSR count). The maximum atomic E-state index is 13.4. The van der Waals surface area contributed by atoms with Gasteiger partial charge in [-0.15, -0.1) is 0 Å². The highest BCUT2D eigenvalue weighted by Gasteiger charge is 2.17. The van der Waals surface area contributed by atoms with E-state index in [0.29, 0.717) is 11.4 Å². The highest BCUT2D eigenvalue weighted by molar-refractivity contribution is 7.89. The molecule has 1 aromatic heterocycles.